The summed E-state index contributed by atoms with van der Waals surface area (Å²) in [6.45, 7) is 7.99. The molecule has 0 atom stereocenters. The van der Waals surface area contributed by atoms with Crippen molar-refractivity contribution in [3.05, 3.63) is 12.7 Å². The number of thioether (sulfide) groups is 1. The van der Waals surface area contributed by atoms with Crippen molar-refractivity contribution in [3.63, 3.8) is 0 Å². The molecule has 0 amide bonds. The lowest BCUT2D eigenvalue weighted by Gasteiger charge is -2.52. The van der Waals surface area contributed by atoms with E-state index in [0.29, 0.717) is 0 Å². The fourth-order valence-electron chi connectivity index (χ4n) is 2.85. The van der Waals surface area contributed by atoms with Gasteiger partial charge in [0, 0.05) is 18.3 Å². The molecule has 0 radical (unpaired) electrons. The quantitative estimate of drug-likeness (QED) is 0.632. The summed E-state index contributed by atoms with van der Waals surface area (Å²) in [5.74, 6) is 0. The molecule has 0 bridgehead atoms. The van der Waals surface area contributed by atoms with Gasteiger partial charge in [-0.15, -0.1) is 6.58 Å². The Hall–Kier alpha value is 0.0500. The molecule has 0 N–H and O–H groups in total. The monoisotopic (exact) mass is 227 g/mol. The summed E-state index contributed by atoms with van der Waals surface area (Å²) in [5, 5.41) is 0.974. The molecular formula is C13H25NS. The molecule has 2 rings (SSSR count). The average molecular weight is 227 g/mol. The van der Waals surface area contributed by atoms with Gasteiger partial charge < -0.3 is 4.90 Å². The van der Waals surface area contributed by atoms with Gasteiger partial charge in [0.05, 0.1) is 0 Å². The van der Waals surface area contributed by atoms with Gasteiger partial charge in [0.15, 0.2) is 0 Å². The van der Waals surface area contributed by atoms with E-state index in [1.165, 1.54) is 38.8 Å². The third-order valence-corrected chi connectivity index (χ3v) is 4.68. The Morgan fingerprint density at radius 2 is 1.80 bits per heavy atom. The van der Waals surface area contributed by atoms with E-state index in [1.807, 2.05) is 6.92 Å². The van der Waals surface area contributed by atoms with E-state index in [0.717, 1.165) is 10.7 Å². The van der Waals surface area contributed by atoms with Crippen LogP contribution in [0.15, 0.2) is 12.7 Å². The molecule has 0 aromatic carbocycles. The molecule has 1 aliphatic carbocycles. The van der Waals surface area contributed by atoms with Crippen molar-refractivity contribution in [2.24, 2.45) is 5.41 Å². The molecule has 1 saturated heterocycles. The van der Waals surface area contributed by atoms with Gasteiger partial charge in [-0.1, -0.05) is 6.08 Å². The van der Waals surface area contributed by atoms with Crippen LogP contribution in [0.2, 0.25) is 0 Å². The Labute approximate surface area is 99.3 Å². The highest BCUT2D eigenvalue weighted by Crippen LogP contribution is 2.45. The van der Waals surface area contributed by atoms with Crippen LogP contribution in [0.25, 0.3) is 0 Å². The molecule has 1 spiro atoms. The molecule has 2 fully saturated rings. The zero-order valence-electron chi connectivity index (χ0n) is 10.5. The zero-order chi connectivity index (χ0) is 11.3. The molecule has 1 saturated carbocycles. The van der Waals surface area contributed by atoms with Crippen LogP contribution in [0.4, 0.5) is 0 Å². The minimum atomic E-state index is 0.765. The number of allylic oxidation sites excluding steroid dienone is 1. The highest BCUT2D eigenvalue weighted by molar-refractivity contribution is 7.99. The number of hydrogen-bond donors (Lipinski definition) is 0. The SMILES string of the molecule is C=CC.CSC1CCC2(CC1)CN(C)C2. The molecule has 15 heavy (non-hydrogen) atoms. The standard InChI is InChI=1S/C10H19NS.C3H6/c1-11-7-10(8-11)5-3-9(12-2)4-6-10;1-3-2/h9H,3-8H2,1-2H3;3H,1H2,2H3. The number of nitrogens with zero attached hydrogens (tertiary/aromatic N) is 1. The summed E-state index contributed by atoms with van der Waals surface area (Å²) in [4.78, 5) is 2.46. The Morgan fingerprint density at radius 3 is 2.13 bits per heavy atom. The fraction of sp³-hybridized carbons (Fsp3) is 0.846. The van der Waals surface area contributed by atoms with Gasteiger partial charge >= 0.3 is 0 Å². The third-order valence-electron chi connectivity index (χ3n) is 3.54. The second kappa shape index (κ2) is 5.95. The van der Waals surface area contributed by atoms with Gasteiger partial charge in [-0.3, -0.25) is 0 Å². The molecule has 1 heterocycles. The number of rotatable bonds is 1. The maximum atomic E-state index is 3.36. The van der Waals surface area contributed by atoms with Crippen LogP contribution in [-0.2, 0) is 0 Å². The van der Waals surface area contributed by atoms with Crippen LogP contribution in [0, 0.1) is 5.41 Å². The normalized spacial score (nSPS) is 25.3. The van der Waals surface area contributed by atoms with E-state index in [4.69, 9.17) is 0 Å². The third kappa shape index (κ3) is 3.53. The summed E-state index contributed by atoms with van der Waals surface area (Å²) >= 11 is 2.07. The summed E-state index contributed by atoms with van der Waals surface area (Å²) in [5.41, 5.74) is 0.765. The maximum Gasteiger partial charge on any atom is 0.00474 e. The Kier molecular flexibility index (Phi) is 5.20. The van der Waals surface area contributed by atoms with Gasteiger partial charge in [-0.05, 0) is 51.3 Å². The summed E-state index contributed by atoms with van der Waals surface area (Å²) in [7, 11) is 2.24. The van der Waals surface area contributed by atoms with Crippen LogP contribution in [0.5, 0.6) is 0 Å². The summed E-state index contributed by atoms with van der Waals surface area (Å²) in [6.07, 6.45) is 9.92. The van der Waals surface area contributed by atoms with Gasteiger partial charge in [0.2, 0.25) is 0 Å². The molecule has 2 heteroatoms. The van der Waals surface area contributed by atoms with E-state index < -0.39 is 0 Å². The van der Waals surface area contributed by atoms with Crippen molar-refractivity contribution in [1.29, 1.82) is 0 Å². The minimum absolute atomic E-state index is 0.765. The van der Waals surface area contributed by atoms with E-state index in [9.17, 15) is 0 Å². The van der Waals surface area contributed by atoms with Crippen molar-refractivity contribution >= 4 is 11.8 Å². The predicted molar refractivity (Wildman–Crippen MR) is 71.6 cm³/mol. The van der Waals surface area contributed by atoms with Crippen molar-refractivity contribution in [1.82, 2.24) is 4.90 Å². The lowest BCUT2D eigenvalue weighted by atomic mass is 9.69. The van der Waals surface area contributed by atoms with Crippen molar-refractivity contribution in [2.75, 3.05) is 26.4 Å². The number of hydrogen-bond acceptors (Lipinski definition) is 2. The lowest BCUT2D eigenvalue weighted by molar-refractivity contribution is -0.00811. The molecule has 0 aromatic rings. The van der Waals surface area contributed by atoms with Crippen molar-refractivity contribution in [3.8, 4) is 0 Å². The zero-order valence-corrected chi connectivity index (χ0v) is 11.3. The van der Waals surface area contributed by atoms with E-state index in [2.05, 4.69) is 36.5 Å². The van der Waals surface area contributed by atoms with Crippen LogP contribution in [-0.4, -0.2) is 36.5 Å². The Morgan fingerprint density at radius 1 is 1.33 bits per heavy atom. The molecule has 2 aliphatic rings. The second-order valence-electron chi connectivity index (χ2n) is 5.02. The lowest BCUT2D eigenvalue weighted by Crippen LogP contribution is -2.55. The van der Waals surface area contributed by atoms with Crippen LogP contribution >= 0.6 is 11.8 Å². The summed E-state index contributed by atoms with van der Waals surface area (Å²) in [6, 6.07) is 0. The van der Waals surface area contributed by atoms with E-state index in [1.54, 1.807) is 6.08 Å². The first-order chi connectivity index (χ1) is 7.15. The first kappa shape index (κ1) is 13.1. The van der Waals surface area contributed by atoms with E-state index >= 15 is 0 Å². The first-order valence-corrected chi connectivity index (χ1v) is 7.23. The molecule has 0 aromatic heterocycles. The highest BCUT2D eigenvalue weighted by Gasteiger charge is 2.43. The van der Waals surface area contributed by atoms with Crippen LogP contribution in [0.1, 0.15) is 32.6 Å². The summed E-state index contributed by atoms with van der Waals surface area (Å²) < 4.78 is 0. The average Bonchev–Trinajstić information content (AvgIpc) is 2.18. The van der Waals surface area contributed by atoms with Crippen LogP contribution < -0.4 is 0 Å². The Bertz CT molecular complexity index is 187. The number of likely N-dealkylation sites (tertiary alicyclic amines) is 1. The predicted octanol–water partition coefficient (Wildman–Crippen LogP) is 3.42. The van der Waals surface area contributed by atoms with Crippen molar-refractivity contribution < 1.29 is 0 Å². The molecule has 1 aliphatic heterocycles. The fourth-order valence-corrected chi connectivity index (χ4v) is 3.56. The Balaban J connectivity index is 0.000000337. The maximum absolute atomic E-state index is 3.36. The molecule has 0 unspecified atom stereocenters. The topological polar surface area (TPSA) is 3.24 Å². The van der Waals surface area contributed by atoms with E-state index in [-0.39, 0.29) is 0 Å². The van der Waals surface area contributed by atoms with Gasteiger partial charge in [-0.2, -0.15) is 11.8 Å². The van der Waals surface area contributed by atoms with Gasteiger partial charge in [0.1, 0.15) is 0 Å². The molecule has 1 nitrogen and oxygen atoms in total. The van der Waals surface area contributed by atoms with Crippen LogP contribution in [0.3, 0.4) is 0 Å². The van der Waals surface area contributed by atoms with Crippen molar-refractivity contribution in [2.45, 2.75) is 37.9 Å². The second-order valence-corrected chi connectivity index (χ2v) is 6.15. The first-order valence-electron chi connectivity index (χ1n) is 5.94. The van der Waals surface area contributed by atoms with Gasteiger partial charge in [-0.25, -0.2) is 0 Å². The highest BCUT2D eigenvalue weighted by atomic mass is 32.2. The van der Waals surface area contributed by atoms with Gasteiger partial charge in [0.25, 0.3) is 0 Å². The minimum Gasteiger partial charge on any atom is -0.305 e. The largest absolute Gasteiger partial charge is 0.305 e. The smallest absolute Gasteiger partial charge is 0.00474 e. The molecular weight excluding hydrogens is 202 g/mol. The molecule has 88 valence electrons.